The number of likely N-dealkylation sites (N-methyl/N-ethyl adjacent to an activating group) is 1. The number of methoxy groups -OCH3 is 1. The first-order valence-corrected chi connectivity index (χ1v) is 6.63. The Morgan fingerprint density at radius 1 is 1.56 bits per heavy atom. The van der Waals surface area contributed by atoms with Crippen LogP contribution in [-0.4, -0.2) is 41.3 Å². The van der Waals surface area contributed by atoms with E-state index >= 15 is 0 Å². The number of aromatic nitrogens is 2. The molecule has 1 aromatic rings. The van der Waals surface area contributed by atoms with Crippen molar-refractivity contribution in [3.8, 4) is 0 Å². The minimum absolute atomic E-state index is 0.336. The molecule has 0 aliphatic carbocycles. The minimum atomic E-state index is 0.336. The van der Waals surface area contributed by atoms with E-state index in [1.807, 2.05) is 11.8 Å². The number of rotatable bonds is 5. The van der Waals surface area contributed by atoms with Crippen molar-refractivity contribution in [2.45, 2.75) is 25.5 Å². The molecular formula is C10H17N3O2S. The largest absolute Gasteiger partial charge is 0.377 e. The number of nitrogens with one attached hydrogen (secondary N) is 1. The van der Waals surface area contributed by atoms with Crippen molar-refractivity contribution in [2.24, 2.45) is 0 Å². The van der Waals surface area contributed by atoms with E-state index in [4.69, 9.17) is 9.26 Å². The average Bonchev–Trinajstić information content (AvgIpc) is 2.87. The number of hydrogen-bond acceptors (Lipinski definition) is 6. The van der Waals surface area contributed by atoms with Crippen LogP contribution >= 0.6 is 11.8 Å². The SMILES string of the molecule is CCNC1CSCC1c1nc(COC)no1. The van der Waals surface area contributed by atoms with Crippen molar-refractivity contribution in [3.05, 3.63) is 11.7 Å². The lowest BCUT2D eigenvalue weighted by Crippen LogP contribution is -2.34. The van der Waals surface area contributed by atoms with E-state index in [9.17, 15) is 0 Å². The van der Waals surface area contributed by atoms with Gasteiger partial charge < -0.3 is 14.6 Å². The summed E-state index contributed by atoms with van der Waals surface area (Å²) in [5.41, 5.74) is 0. The second kappa shape index (κ2) is 5.65. The summed E-state index contributed by atoms with van der Waals surface area (Å²) in [7, 11) is 1.63. The van der Waals surface area contributed by atoms with Crippen molar-refractivity contribution in [1.82, 2.24) is 15.5 Å². The summed E-state index contributed by atoms with van der Waals surface area (Å²) in [6.07, 6.45) is 0. The molecule has 5 nitrogen and oxygen atoms in total. The molecular weight excluding hydrogens is 226 g/mol. The molecule has 1 aliphatic rings. The van der Waals surface area contributed by atoms with Crippen LogP contribution in [0.15, 0.2) is 4.52 Å². The molecule has 0 radical (unpaired) electrons. The van der Waals surface area contributed by atoms with Gasteiger partial charge in [0.15, 0.2) is 5.82 Å². The van der Waals surface area contributed by atoms with Crippen LogP contribution in [0.4, 0.5) is 0 Å². The topological polar surface area (TPSA) is 60.2 Å². The first-order valence-electron chi connectivity index (χ1n) is 5.47. The quantitative estimate of drug-likeness (QED) is 0.833. The zero-order valence-electron chi connectivity index (χ0n) is 9.60. The maximum atomic E-state index is 5.28. The highest BCUT2D eigenvalue weighted by Crippen LogP contribution is 2.31. The first-order chi connectivity index (χ1) is 7.85. The highest BCUT2D eigenvalue weighted by molar-refractivity contribution is 7.99. The Morgan fingerprint density at radius 3 is 3.19 bits per heavy atom. The summed E-state index contributed by atoms with van der Waals surface area (Å²) in [5, 5.41) is 7.35. The Bertz CT molecular complexity index is 332. The molecule has 90 valence electrons. The Balaban J connectivity index is 2.04. The molecule has 16 heavy (non-hydrogen) atoms. The van der Waals surface area contributed by atoms with E-state index < -0.39 is 0 Å². The van der Waals surface area contributed by atoms with E-state index in [2.05, 4.69) is 22.4 Å². The molecule has 2 heterocycles. The maximum absolute atomic E-state index is 5.28. The van der Waals surface area contributed by atoms with Gasteiger partial charge in [-0.15, -0.1) is 0 Å². The van der Waals surface area contributed by atoms with Gasteiger partial charge in [-0.25, -0.2) is 0 Å². The summed E-state index contributed by atoms with van der Waals surface area (Å²) in [6.45, 7) is 3.50. The predicted octanol–water partition coefficient (Wildman–Crippen LogP) is 1.02. The number of nitrogens with zero attached hydrogens (tertiary/aromatic N) is 2. The van der Waals surface area contributed by atoms with Crippen LogP contribution in [0, 0.1) is 0 Å². The molecule has 0 bridgehead atoms. The van der Waals surface area contributed by atoms with Gasteiger partial charge in [0.05, 0.1) is 5.92 Å². The predicted molar refractivity (Wildman–Crippen MR) is 62.5 cm³/mol. The highest BCUT2D eigenvalue weighted by atomic mass is 32.2. The lowest BCUT2D eigenvalue weighted by molar-refractivity contribution is 0.174. The van der Waals surface area contributed by atoms with E-state index in [1.54, 1.807) is 7.11 Å². The Hall–Kier alpha value is -0.590. The molecule has 1 aliphatic heterocycles. The Labute approximate surface area is 99.3 Å². The Kier molecular flexibility index (Phi) is 4.20. The fraction of sp³-hybridized carbons (Fsp3) is 0.800. The van der Waals surface area contributed by atoms with Crippen LogP contribution < -0.4 is 5.32 Å². The first kappa shape index (κ1) is 11.9. The van der Waals surface area contributed by atoms with Gasteiger partial charge in [0.25, 0.3) is 0 Å². The molecule has 1 saturated heterocycles. The number of thioether (sulfide) groups is 1. The second-order valence-corrected chi connectivity index (χ2v) is 4.86. The van der Waals surface area contributed by atoms with Crippen LogP contribution in [-0.2, 0) is 11.3 Å². The second-order valence-electron chi connectivity index (χ2n) is 3.79. The van der Waals surface area contributed by atoms with Crippen molar-refractivity contribution in [2.75, 3.05) is 25.2 Å². The summed E-state index contributed by atoms with van der Waals surface area (Å²) < 4.78 is 10.3. The summed E-state index contributed by atoms with van der Waals surface area (Å²) in [6, 6.07) is 0.450. The fourth-order valence-corrected chi connectivity index (χ4v) is 3.24. The monoisotopic (exact) mass is 243 g/mol. The van der Waals surface area contributed by atoms with Crippen LogP contribution in [0.25, 0.3) is 0 Å². The lowest BCUT2D eigenvalue weighted by atomic mass is 10.0. The Morgan fingerprint density at radius 2 is 2.44 bits per heavy atom. The van der Waals surface area contributed by atoms with Gasteiger partial charge in [-0.1, -0.05) is 12.1 Å². The minimum Gasteiger partial charge on any atom is -0.377 e. The van der Waals surface area contributed by atoms with E-state index in [0.717, 1.165) is 23.9 Å². The summed E-state index contributed by atoms with van der Waals surface area (Å²) in [4.78, 5) is 4.36. The molecule has 2 atom stereocenters. The van der Waals surface area contributed by atoms with Gasteiger partial charge in [0.1, 0.15) is 6.61 Å². The highest BCUT2D eigenvalue weighted by Gasteiger charge is 2.32. The van der Waals surface area contributed by atoms with Gasteiger partial charge in [0, 0.05) is 24.7 Å². The van der Waals surface area contributed by atoms with Crippen molar-refractivity contribution in [1.29, 1.82) is 0 Å². The van der Waals surface area contributed by atoms with Gasteiger partial charge in [-0.05, 0) is 6.54 Å². The van der Waals surface area contributed by atoms with Crippen LogP contribution in [0.2, 0.25) is 0 Å². The van der Waals surface area contributed by atoms with Gasteiger partial charge in [-0.2, -0.15) is 16.7 Å². The van der Waals surface area contributed by atoms with Crippen molar-refractivity contribution >= 4 is 11.8 Å². The molecule has 6 heteroatoms. The third-order valence-electron chi connectivity index (χ3n) is 2.62. The van der Waals surface area contributed by atoms with E-state index in [0.29, 0.717) is 24.4 Å². The maximum Gasteiger partial charge on any atom is 0.232 e. The van der Waals surface area contributed by atoms with Crippen molar-refractivity contribution in [3.63, 3.8) is 0 Å². The average molecular weight is 243 g/mol. The fourth-order valence-electron chi connectivity index (χ4n) is 1.87. The van der Waals surface area contributed by atoms with E-state index in [1.165, 1.54) is 0 Å². The lowest BCUT2D eigenvalue weighted by Gasteiger charge is -2.15. The molecule has 0 aromatic carbocycles. The molecule has 2 unspecified atom stereocenters. The molecule has 2 rings (SSSR count). The third kappa shape index (κ3) is 2.56. The van der Waals surface area contributed by atoms with Gasteiger partial charge >= 0.3 is 0 Å². The smallest absolute Gasteiger partial charge is 0.232 e. The van der Waals surface area contributed by atoms with Crippen LogP contribution in [0.5, 0.6) is 0 Å². The molecule has 1 fully saturated rings. The molecule has 0 spiro atoms. The van der Waals surface area contributed by atoms with Crippen molar-refractivity contribution < 1.29 is 9.26 Å². The van der Waals surface area contributed by atoms with Gasteiger partial charge in [-0.3, -0.25) is 0 Å². The standard InChI is InChI=1S/C10H17N3O2S/c1-3-11-8-6-16-5-7(8)10-12-9(4-14-2)13-15-10/h7-8,11H,3-6H2,1-2H3. The third-order valence-corrected chi connectivity index (χ3v) is 3.81. The number of hydrogen-bond donors (Lipinski definition) is 1. The van der Waals surface area contributed by atoms with E-state index in [-0.39, 0.29) is 0 Å². The molecule has 1 N–H and O–H groups in total. The normalized spacial score (nSPS) is 25.1. The summed E-state index contributed by atoms with van der Waals surface area (Å²) >= 11 is 1.93. The van der Waals surface area contributed by atoms with Gasteiger partial charge in [0.2, 0.25) is 5.89 Å². The van der Waals surface area contributed by atoms with Crippen LogP contribution in [0.1, 0.15) is 24.6 Å². The molecule has 0 saturated carbocycles. The zero-order valence-corrected chi connectivity index (χ0v) is 10.4. The van der Waals surface area contributed by atoms with Crippen LogP contribution in [0.3, 0.4) is 0 Å². The molecule has 1 aromatic heterocycles. The molecule has 0 amide bonds. The summed E-state index contributed by atoms with van der Waals surface area (Å²) in [5.74, 6) is 3.86. The zero-order chi connectivity index (χ0) is 11.4. The number of ether oxygens (including phenoxy) is 1.